The predicted molar refractivity (Wildman–Crippen MR) is 133 cm³/mol. The lowest BCUT2D eigenvalue weighted by molar-refractivity contribution is -0.137. The average molecular weight is 540 g/mol. The van der Waals surface area contributed by atoms with Gasteiger partial charge in [-0.2, -0.15) is 13.2 Å². The number of hydrogen-bond acceptors (Lipinski definition) is 5. The molecule has 11 heteroatoms. The predicted octanol–water partition coefficient (Wildman–Crippen LogP) is 3.43. The minimum Gasteiger partial charge on any atom is -0.493 e. The van der Waals surface area contributed by atoms with E-state index in [1.807, 2.05) is 0 Å². The van der Waals surface area contributed by atoms with E-state index in [-0.39, 0.29) is 38.4 Å². The minimum atomic E-state index is -4.47. The number of ether oxygens (including phenoxy) is 1. The van der Waals surface area contributed by atoms with E-state index in [1.165, 1.54) is 36.2 Å². The molecular weight excluding hydrogens is 506 g/mol. The van der Waals surface area contributed by atoms with Crippen LogP contribution in [0.15, 0.2) is 42.5 Å². The molecule has 0 aromatic heterocycles. The first-order chi connectivity index (χ1) is 18.0. The molecular formula is C27H33F4N3O4. The fourth-order valence-electron chi connectivity index (χ4n) is 4.22. The molecule has 1 aliphatic rings. The summed E-state index contributed by atoms with van der Waals surface area (Å²) in [5, 5.41) is 16.5. The Labute approximate surface area is 219 Å². The third-order valence-corrected chi connectivity index (χ3v) is 6.24. The lowest BCUT2D eigenvalue weighted by atomic mass is 10.00. The molecule has 3 N–H and O–H groups in total. The van der Waals surface area contributed by atoms with Crippen molar-refractivity contribution >= 4 is 11.8 Å². The Balaban J connectivity index is 1.73. The topological polar surface area (TPSA) is 90.9 Å². The number of aliphatic hydroxyl groups is 1. The van der Waals surface area contributed by atoms with Crippen LogP contribution >= 0.6 is 0 Å². The second kappa shape index (κ2) is 13.6. The SMILES string of the molecule is CN1CC(=O)N[C@H]([C@H](O)CNCc2cccc(C(F)(F)F)c2)Cc2cc(F)cc(c2)OCCCCCC1=O. The van der Waals surface area contributed by atoms with Gasteiger partial charge in [0.25, 0.3) is 0 Å². The van der Waals surface area contributed by atoms with Gasteiger partial charge >= 0.3 is 6.18 Å². The standard InChI is InChI=1S/C27H33F4N3O4/c1-34-17-25(36)33-23(24(35)16-32-15-18-6-5-7-20(10-18)27(29,30)31)13-19-11-21(28)14-22(12-19)38-9-4-2-3-8-26(34)37/h5-7,10-12,14,23-24,32,35H,2-4,8-9,13,15-17H2,1H3,(H,33,36)/t23-,24+/m0/s1. The number of halogens is 4. The van der Waals surface area contributed by atoms with E-state index in [4.69, 9.17) is 4.74 Å². The van der Waals surface area contributed by atoms with Crippen LogP contribution in [-0.2, 0) is 28.7 Å². The lowest BCUT2D eigenvalue weighted by Gasteiger charge is -2.26. The maximum Gasteiger partial charge on any atom is 0.416 e. The number of benzene rings is 2. The Morgan fingerprint density at radius 3 is 2.71 bits per heavy atom. The normalized spacial score (nSPS) is 19.0. The van der Waals surface area contributed by atoms with Crippen molar-refractivity contribution in [3.8, 4) is 5.75 Å². The molecule has 0 unspecified atom stereocenters. The molecule has 0 aliphatic carbocycles. The van der Waals surface area contributed by atoms with E-state index in [0.29, 0.717) is 36.3 Å². The van der Waals surface area contributed by atoms with Crippen LogP contribution in [0.2, 0.25) is 0 Å². The highest BCUT2D eigenvalue weighted by Gasteiger charge is 2.30. The van der Waals surface area contributed by atoms with Gasteiger partial charge in [0.05, 0.1) is 30.9 Å². The highest BCUT2D eigenvalue weighted by atomic mass is 19.4. The van der Waals surface area contributed by atoms with Gasteiger partial charge in [0.1, 0.15) is 11.6 Å². The van der Waals surface area contributed by atoms with E-state index in [9.17, 15) is 32.3 Å². The molecule has 2 aromatic carbocycles. The fourth-order valence-corrected chi connectivity index (χ4v) is 4.22. The summed E-state index contributed by atoms with van der Waals surface area (Å²) < 4.78 is 58.9. The van der Waals surface area contributed by atoms with Crippen LogP contribution < -0.4 is 15.4 Å². The molecule has 0 fully saturated rings. The van der Waals surface area contributed by atoms with E-state index < -0.39 is 35.6 Å². The van der Waals surface area contributed by atoms with Crippen LogP contribution in [0.5, 0.6) is 5.75 Å². The van der Waals surface area contributed by atoms with Crippen molar-refractivity contribution in [1.29, 1.82) is 0 Å². The van der Waals surface area contributed by atoms with Crippen molar-refractivity contribution in [3.05, 3.63) is 65.0 Å². The van der Waals surface area contributed by atoms with Gasteiger partial charge in [-0.1, -0.05) is 18.2 Å². The van der Waals surface area contributed by atoms with Crippen molar-refractivity contribution < 1.29 is 37.0 Å². The Hall–Kier alpha value is -3.18. The third-order valence-electron chi connectivity index (χ3n) is 6.24. The van der Waals surface area contributed by atoms with Gasteiger partial charge in [-0.25, -0.2) is 4.39 Å². The molecule has 208 valence electrons. The zero-order valence-electron chi connectivity index (χ0n) is 21.2. The number of amides is 2. The quantitative estimate of drug-likeness (QED) is 0.507. The first-order valence-corrected chi connectivity index (χ1v) is 12.5. The van der Waals surface area contributed by atoms with Crippen LogP contribution in [0.4, 0.5) is 17.6 Å². The van der Waals surface area contributed by atoms with Gasteiger partial charge in [-0.15, -0.1) is 0 Å². The molecule has 1 heterocycles. The van der Waals surface area contributed by atoms with Crippen LogP contribution in [0.1, 0.15) is 42.4 Å². The molecule has 2 bridgehead atoms. The highest BCUT2D eigenvalue weighted by Crippen LogP contribution is 2.29. The van der Waals surface area contributed by atoms with E-state index >= 15 is 0 Å². The summed E-state index contributed by atoms with van der Waals surface area (Å²) in [4.78, 5) is 26.4. The largest absolute Gasteiger partial charge is 0.493 e. The molecule has 2 aromatic rings. The highest BCUT2D eigenvalue weighted by molar-refractivity contribution is 5.84. The number of alkyl halides is 3. The van der Waals surface area contributed by atoms with Crippen LogP contribution in [0, 0.1) is 5.82 Å². The second-order valence-electron chi connectivity index (χ2n) is 9.48. The number of rotatable bonds is 5. The first kappa shape index (κ1) is 29.4. The number of carbonyl (C=O) groups excluding carboxylic acids is 2. The maximum atomic E-state index is 14.3. The van der Waals surface area contributed by atoms with E-state index in [2.05, 4.69) is 10.6 Å². The number of hydrogen-bond donors (Lipinski definition) is 3. The molecule has 0 saturated heterocycles. The lowest BCUT2D eigenvalue weighted by Crippen LogP contribution is -2.51. The molecule has 38 heavy (non-hydrogen) atoms. The molecule has 1 aliphatic heterocycles. The van der Waals surface area contributed by atoms with Crippen LogP contribution in [0.3, 0.4) is 0 Å². The molecule has 0 saturated carbocycles. The molecule has 3 rings (SSSR count). The van der Waals surface area contributed by atoms with Gasteiger partial charge in [0.15, 0.2) is 0 Å². The fraction of sp³-hybridized carbons (Fsp3) is 0.481. The molecule has 0 radical (unpaired) electrons. The van der Waals surface area contributed by atoms with Gasteiger partial charge < -0.3 is 25.4 Å². The first-order valence-electron chi connectivity index (χ1n) is 12.5. The summed E-state index contributed by atoms with van der Waals surface area (Å²) in [5.41, 5.74) is 0.0878. The summed E-state index contributed by atoms with van der Waals surface area (Å²) in [6.07, 6.45) is -3.24. The van der Waals surface area contributed by atoms with Crippen molar-refractivity contribution in [3.63, 3.8) is 0 Å². The summed E-state index contributed by atoms with van der Waals surface area (Å²) in [6, 6.07) is 8.15. The Kier molecular flexibility index (Phi) is 10.5. The number of aliphatic hydroxyl groups excluding tert-OH is 1. The van der Waals surface area contributed by atoms with E-state index in [0.717, 1.165) is 18.6 Å². The van der Waals surface area contributed by atoms with Crippen LogP contribution in [0.25, 0.3) is 0 Å². The molecule has 7 nitrogen and oxygen atoms in total. The van der Waals surface area contributed by atoms with Crippen molar-refractivity contribution in [2.45, 2.75) is 57.0 Å². The average Bonchev–Trinajstić information content (AvgIpc) is 2.84. The zero-order valence-corrected chi connectivity index (χ0v) is 21.2. The Morgan fingerprint density at radius 1 is 1.16 bits per heavy atom. The number of nitrogens with one attached hydrogen (secondary N) is 2. The van der Waals surface area contributed by atoms with Gasteiger partial charge in [-0.3, -0.25) is 9.59 Å². The molecule has 2 atom stereocenters. The summed E-state index contributed by atoms with van der Waals surface area (Å²) in [7, 11) is 1.52. The smallest absolute Gasteiger partial charge is 0.416 e. The maximum absolute atomic E-state index is 14.3. The Morgan fingerprint density at radius 2 is 1.95 bits per heavy atom. The van der Waals surface area contributed by atoms with Crippen molar-refractivity contribution in [1.82, 2.24) is 15.5 Å². The van der Waals surface area contributed by atoms with Gasteiger partial charge in [-0.05, 0) is 55.0 Å². The summed E-state index contributed by atoms with van der Waals surface area (Å²) in [5.74, 6) is -0.876. The number of carbonyl (C=O) groups is 2. The zero-order chi connectivity index (χ0) is 27.7. The van der Waals surface area contributed by atoms with Gasteiger partial charge in [0.2, 0.25) is 11.8 Å². The second-order valence-corrected chi connectivity index (χ2v) is 9.48. The van der Waals surface area contributed by atoms with E-state index in [1.54, 1.807) is 6.07 Å². The van der Waals surface area contributed by atoms with Crippen LogP contribution in [-0.4, -0.2) is 60.7 Å². The molecule has 2 amide bonds. The van der Waals surface area contributed by atoms with Crippen molar-refractivity contribution in [2.75, 3.05) is 26.7 Å². The number of likely N-dealkylation sites (N-methyl/N-ethyl adjacent to an activating group) is 1. The minimum absolute atomic E-state index is 0.0524. The Bertz CT molecular complexity index is 1100. The van der Waals surface area contributed by atoms with Gasteiger partial charge in [0, 0.05) is 32.6 Å². The summed E-state index contributed by atoms with van der Waals surface area (Å²) in [6.45, 7) is 0.137. The molecule has 0 spiro atoms. The monoisotopic (exact) mass is 539 g/mol. The van der Waals surface area contributed by atoms with Crippen molar-refractivity contribution in [2.24, 2.45) is 0 Å². The third kappa shape index (κ3) is 9.29. The number of nitrogens with zero attached hydrogens (tertiary/aromatic N) is 1. The summed E-state index contributed by atoms with van der Waals surface area (Å²) >= 11 is 0. The number of fused-ring (bicyclic) bond motifs is 2.